The number of nitriles is 1. The molecule has 6 heterocycles. The fourth-order valence-electron chi connectivity index (χ4n) is 5.23. The normalized spacial score (nSPS) is 18.5. The molecule has 38 heavy (non-hydrogen) atoms. The van der Waals surface area contributed by atoms with Crippen LogP contribution in [-0.4, -0.2) is 55.9 Å². The van der Waals surface area contributed by atoms with Gasteiger partial charge in [-0.3, -0.25) is 4.79 Å². The molecule has 0 aliphatic carbocycles. The van der Waals surface area contributed by atoms with Crippen molar-refractivity contribution in [1.82, 2.24) is 24.8 Å². The van der Waals surface area contributed by atoms with Gasteiger partial charge in [0.15, 0.2) is 5.13 Å². The highest BCUT2D eigenvalue weighted by Crippen LogP contribution is 2.35. The van der Waals surface area contributed by atoms with Gasteiger partial charge < -0.3 is 15.1 Å². The molecule has 1 amide bonds. The van der Waals surface area contributed by atoms with Crippen molar-refractivity contribution in [3.05, 3.63) is 63.6 Å². The summed E-state index contributed by atoms with van der Waals surface area (Å²) >= 11 is 3.12. The maximum absolute atomic E-state index is 13.6. The molecule has 9 nitrogen and oxygen atoms in total. The second-order valence-corrected chi connectivity index (χ2v) is 11.4. The highest BCUT2D eigenvalue weighted by atomic mass is 32.1. The number of fused-ring (bicyclic) bond motifs is 2. The Labute approximate surface area is 226 Å². The van der Waals surface area contributed by atoms with Crippen LogP contribution < -0.4 is 10.2 Å². The molecule has 0 radical (unpaired) electrons. The lowest BCUT2D eigenvalue weighted by atomic mass is 10.1. The number of nitrogens with zero attached hydrogens (tertiary/aromatic N) is 7. The highest BCUT2D eigenvalue weighted by Gasteiger charge is 2.43. The molecule has 2 bridgehead atoms. The van der Waals surface area contributed by atoms with E-state index in [9.17, 15) is 14.4 Å². The number of hydrogen-bond acceptors (Lipinski definition) is 10. The van der Waals surface area contributed by atoms with Crippen molar-refractivity contribution in [1.29, 1.82) is 5.26 Å². The van der Waals surface area contributed by atoms with Gasteiger partial charge in [0.2, 0.25) is 0 Å². The van der Waals surface area contributed by atoms with E-state index in [1.54, 1.807) is 29.7 Å². The predicted octanol–water partition coefficient (Wildman–Crippen LogP) is 4.92. The van der Waals surface area contributed by atoms with Gasteiger partial charge in [-0.1, -0.05) is 0 Å². The molecular formula is C26H23FN8OS2. The number of rotatable bonds is 5. The third kappa shape index (κ3) is 4.48. The van der Waals surface area contributed by atoms with E-state index in [1.165, 1.54) is 17.4 Å². The molecule has 192 valence electrons. The van der Waals surface area contributed by atoms with Gasteiger partial charge in [-0.05, 0) is 44.9 Å². The van der Waals surface area contributed by atoms with Crippen molar-refractivity contribution >= 4 is 45.3 Å². The van der Waals surface area contributed by atoms with Gasteiger partial charge in [0.05, 0.1) is 50.7 Å². The van der Waals surface area contributed by atoms with Gasteiger partial charge in [0.25, 0.3) is 5.91 Å². The summed E-state index contributed by atoms with van der Waals surface area (Å²) in [6, 6.07) is 6.79. The molecule has 0 unspecified atom stereocenters. The summed E-state index contributed by atoms with van der Waals surface area (Å²) in [4.78, 5) is 36.2. The summed E-state index contributed by atoms with van der Waals surface area (Å²) in [5, 5.41) is 16.4. The van der Waals surface area contributed by atoms with E-state index in [-0.39, 0.29) is 23.6 Å². The van der Waals surface area contributed by atoms with E-state index < -0.39 is 5.82 Å². The van der Waals surface area contributed by atoms with Gasteiger partial charge in [0.1, 0.15) is 23.5 Å². The van der Waals surface area contributed by atoms with E-state index in [0.717, 1.165) is 45.4 Å². The number of hydrogen-bond donors (Lipinski definition) is 1. The van der Waals surface area contributed by atoms with E-state index >= 15 is 0 Å². The van der Waals surface area contributed by atoms with Crippen LogP contribution in [0.1, 0.15) is 39.5 Å². The molecule has 2 fully saturated rings. The molecule has 12 heteroatoms. The number of aryl methyl sites for hydroxylation is 2. The minimum Gasteiger partial charge on any atom is -0.351 e. The Morgan fingerprint density at radius 2 is 1.95 bits per heavy atom. The van der Waals surface area contributed by atoms with Crippen molar-refractivity contribution in [3.63, 3.8) is 0 Å². The Morgan fingerprint density at radius 1 is 1.16 bits per heavy atom. The number of carbonyl (C=O) groups is 1. The van der Waals surface area contributed by atoms with Crippen LogP contribution in [0.2, 0.25) is 0 Å². The molecular weight excluding hydrogens is 523 g/mol. The first-order valence-corrected chi connectivity index (χ1v) is 13.9. The zero-order valence-electron chi connectivity index (χ0n) is 20.7. The first-order valence-electron chi connectivity index (χ1n) is 12.2. The number of pyridine rings is 2. The van der Waals surface area contributed by atoms with Crippen LogP contribution in [0.3, 0.4) is 0 Å². The number of aromatic nitrogens is 4. The van der Waals surface area contributed by atoms with Crippen LogP contribution in [0, 0.1) is 31.0 Å². The maximum atomic E-state index is 13.6. The molecule has 4 aromatic heterocycles. The van der Waals surface area contributed by atoms with Crippen LogP contribution >= 0.6 is 22.7 Å². The molecule has 2 aliphatic rings. The number of nitrogens with one attached hydrogen (secondary N) is 1. The standard InChI is InChI=1S/C26H23FN8OS2/c1-14-23(38-15(2)31-14)21-13-37-26(32-21)33-22-6-3-16(9-29-22)25(36)35-19-4-5-20(35)12-34(11-19)24-17(8-28)7-18(27)10-30-24/h3,6-7,9-10,13,19-20H,4-5,11-12H2,1-2H3,(H,29,32,33)/t19-,20+. The van der Waals surface area contributed by atoms with E-state index in [4.69, 9.17) is 0 Å². The fraction of sp³-hybridized carbons (Fsp3) is 0.308. The first kappa shape index (κ1) is 24.4. The summed E-state index contributed by atoms with van der Waals surface area (Å²) < 4.78 is 13.6. The number of carbonyl (C=O) groups excluding carboxylic acids is 1. The van der Waals surface area contributed by atoms with E-state index in [1.807, 2.05) is 35.1 Å². The van der Waals surface area contributed by atoms with Crippen molar-refractivity contribution in [2.75, 3.05) is 23.3 Å². The van der Waals surface area contributed by atoms with E-state index in [2.05, 4.69) is 25.3 Å². The lowest BCUT2D eigenvalue weighted by Crippen LogP contribution is -2.56. The molecule has 0 saturated carbocycles. The molecule has 0 spiro atoms. The predicted molar refractivity (Wildman–Crippen MR) is 144 cm³/mol. The number of anilines is 3. The Bertz CT molecular complexity index is 1550. The molecule has 4 aromatic rings. The second kappa shape index (κ2) is 9.74. The van der Waals surface area contributed by atoms with Crippen molar-refractivity contribution in [2.45, 2.75) is 38.8 Å². The van der Waals surface area contributed by atoms with Crippen molar-refractivity contribution in [3.8, 4) is 16.6 Å². The fourth-order valence-corrected chi connectivity index (χ4v) is 6.89. The van der Waals surface area contributed by atoms with Gasteiger partial charge in [0, 0.05) is 24.7 Å². The smallest absolute Gasteiger partial charge is 0.256 e. The van der Waals surface area contributed by atoms with Gasteiger partial charge in [-0.2, -0.15) is 5.26 Å². The molecule has 6 rings (SSSR count). The second-order valence-electron chi connectivity index (χ2n) is 9.38. The van der Waals surface area contributed by atoms with Crippen LogP contribution in [0.5, 0.6) is 0 Å². The van der Waals surface area contributed by atoms with Crippen molar-refractivity contribution in [2.24, 2.45) is 0 Å². The quantitative estimate of drug-likeness (QED) is 0.376. The summed E-state index contributed by atoms with van der Waals surface area (Å²) in [6.07, 6.45) is 4.46. The number of halogens is 1. The maximum Gasteiger partial charge on any atom is 0.256 e. The average Bonchev–Trinajstić information content (AvgIpc) is 3.58. The summed E-state index contributed by atoms with van der Waals surface area (Å²) in [5.41, 5.74) is 2.59. The third-order valence-corrected chi connectivity index (χ3v) is 8.71. The monoisotopic (exact) mass is 546 g/mol. The van der Waals surface area contributed by atoms with Crippen LogP contribution in [0.4, 0.5) is 21.2 Å². The van der Waals surface area contributed by atoms with Gasteiger partial charge in [-0.25, -0.2) is 24.3 Å². The zero-order valence-corrected chi connectivity index (χ0v) is 22.3. The summed E-state index contributed by atoms with van der Waals surface area (Å²) in [5.74, 6) is 0.490. The van der Waals surface area contributed by atoms with Crippen LogP contribution in [0.25, 0.3) is 10.6 Å². The number of thiazole rings is 2. The molecule has 2 atom stereocenters. The van der Waals surface area contributed by atoms with Gasteiger partial charge in [-0.15, -0.1) is 22.7 Å². The largest absolute Gasteiger partial charge is 0.351 e. The van der Waals surface area contributed by atoms with Gasteiger partial charge >= 0.3 is 0 Å². The number of piperazine rings is 1. The lowest BCUT2D eigenvalue weighted by molar-refractivity contribution is 0.0640. The average molecular weight is 547 g/mol. The molecule has 2 aliphatic heterocycles. The molecule has 2 saturated heterocycles. The van der Waals surface area contributed by atoms with Crippen LogP contribution in [0.15, 0.2) is 36.0 Å². The number of amides is 1. The lowest BCUT2D eigenvalue weighted by Gasteiger charge is -2.41. The highest BCUT2D eigenvalue weighted by molar-refractivity contribution is 7.16. The topological polar surface area (TPSA) is 111 Å². The first-order chi connectivity index (χ1) is 18.4. The minimum atomic E-state index is -0.534. The molecule has 1 N–H and O–H groups in total. The SMILES string of the molecule is Cc1nc(C)c(-c2csc(Nc3ccc(C(=O)N4[C@@H]5CC[C@H]4CN(c4ncc(F)cc4C#N)C5)cn3)n2)s1. The molecule has 0 aromatic carbocycles. The van der Waals surface area contributed by atoms with Crippen molar-refractivity contribution < 1.29 is 9.18 Å². The van der Waals surface area contributed by atoms with Crippen LogP contribution in [-0.2, 0) is 0 Å². The summed E-state index contributed by atoms with van der Waals surface area (Å²) in [6.45, 7) is 5.07. The Morgan fingerprint density at radius 3 is 2.61 bits per heavy atom. The Balaban J connectivity index is 1.13. The third-order valence-electron chi connectivity index (χ3n) is 6.86. The van der Waals surface area contributed by atoms with E-state index in [0.29, 0.717) is 30.3 Å². The Hall–Kier alpha value is -3.95. The zero-order chi connectivity index (χ0) is 26.4. The Kier molecular flexibility index (Phi) is 6.25. The summed E-state index contributed by atoms with van der Waals surface area (Å²) in [7, 11) is 0. The minimum absolute atomic E-state index is 0.00924.